The van der Waals surface area contributed by atoms with Crippen molar-refractivity contribution >= 4 is 5.91 Å². The van der Waals surface area contributed by atoms with E-state index >= 15 is 0 Å². The van der Waals surface area contributed by atoms with Gasteiger partial charge in [-0.1, -0.05) is 0 Å². The van der Waals surface area contributed by atoms with Gasteiger partial charge < -0.3 is 14.2 Å². The lowest BCUT2D eigenvalue weighted by molar-refractivity contribution is -0.131. The third-order valence-corrected chi connectivity index (χ3v) is 3.72. The molecule has 1 amide bonds. The van der Waals surface area contributed by atoms with Gasteiger partial charge in [-0.15, -0.1) is 0 Å². The summed E-state index contributed by atoms with van der Waals surface area (Å²) in [7, 11) is 0. The molecular formula is C16H20N4O2. The van der Waals surface area contributed by atoms with Crippen LogP contribution in [0.25, 0.3) is 0 Å². The minimum atomic E-state index is -0.0326. The van der Waals surface area contributed by atoms with Crippen LogP contribution in [0.1, 0.15) is 17.8 Å². The van der Waals surface area contributed by atoms with E-state index in [-0.39, 0.29) is 12.0 Å². The molecule has 2 aromatic heterocycles. The van der Waals surface area contributed by atoms with Gasteiger partial charge in [0, 0.05) is 36.7 Å². The molecule has 3 heterocycles. The van der Waals surface area contributed by atoms with Gasteiger partial charge in [0.2, 0.25) is 5.91 Å². The lowest BCUT2D eigenvalue weighted by Crippen LogP contribution is -2.33. The lowest BCUT2D eigenvalue weighted by Gasteiger charge is -2.17. The smallest absolute Gasteiger partial charge is 0.317 e. The summed E-state index contributed by atoms with van der Waals surface area (Å²) in [6.07, 6.45) is 4.57. The highest BCUT2D eigenvalue weighted by molar-refractivity contribution is 5.76. The molecule has 1 aliphatic rings. The molecule has 0 aromatic carbocycles. The van der Waals surface area contributed by atoms with Crippen molar-refractivity contribution in [1.82, 2.24) is 19.4 Å². The summed E-state index contributed by atoms with van der Waals surface area (Å²) < 4.78 is 7.71. The minimum Gasteiger partial charge on any atom is -0.458 e. The van der Waals surface area contributed by atoms with Crippen molar-refractivity contribution in [2.75, 3.05) is 13.1 Å². The normalized spacial score (nSPS) is 17.7. The topological polar surface area (TPSA) is 60.2 Å². The number of ether oxygens (including phenoxy) is 1. The Morgan fingerprint density at radius 1 is 1.27 bits per heavy atom. The number of aryl methyl sites for hydroxylation is 2. The van der Waals surface area contributed by atoms with Crippen molar-refractivity contribution in [3.63, 3.8) is 0 Å². The number of likely N-dealkylation sites (tertiary alicyclic amines) is 1. The first kappa shape index (κ1) is 14.6. The number of amides is 1. The molecule has 1 saturated heterocycles. The van der Waals surface area contributed by atoms with E-state index < -0.39 is 0 Å². The van der Waals surface area contributed by atoms with Crippen molar-refractivity contribution in [2.24, 2.45) is 0 Å². The van der Waals surface area contributed by atoms with E-state index in [4.69, 9.17) is 4.74 Å². The van der Waals surface area contributed by atoms with Crippen molar-refractivity contribution in [2.45, 2.75) is 32.9 Å². The average Bonchev–Trinajstić information content (AvgIpc) is 3.09. The number of carbonyl (C=O) groups is 1. The molecule has 22 heavy (non-hydrogen) atoms. The van der Waals surface area contributed by atoms with Crippen LogP contribution < -0.4 is 4.74 Å². The molecule has 1 fully saturated rings. The molecule has 0 N–H and O–H groups in total. The number of rotatable bonds is 4. The Morgan fingerprint density at radius 2 is 1.95 bits per heavy atom. The summed E-state index contributed by atoms with van der Waals surface area (Å²) in [5, 5.41) is 0. The van der Waals surface area contributed by atoms with Crippen molar-refractivity contribution in [1.29, 1.82) is 0 Å². The highest BCUT2D eigenvalue weighted by Gasteiger charge is 2.28. The number of nitrogens with zero attached hydrogens (tertiary/aromatic N) is 4. The van der Waals surface area contributed by atoms with E-state index in [2.05, 4.69) is 9.97 Å². The zero-order valence-electron chi connectivity index (χ0n) is 12.9. The Bertz CT molecular complexity index is 634. The largest absolute Gasteiger partial charge is 0.458 e. The second kappa shape index (κ2) is 6.17. The van der Waals surface area contributed by atoms with Gasteiger partial charge in [0.25, 0.3) is 0 Å². The molecule has 0 spiro atoms. The predicted octanol–water partition coefficient (Wildman–Crippen LogP) is 1.57. The van der Waals surface area contributed by atoms with Crippen LogP contribution in [0, 0.1) is 13.8 Å². The molecule has 3 rings (SSSR count). The van der Waals surface area contributed by atoms with Gasteiger partial charge in [-0.2, -0.15) is 0 Å². The van der Waals surface area contributed by atoms with Crippen LogP contribution in [0.2, 0.25) is 0 Å². The van der Waals surface area contributed by atoms with Crippen LogP contribution in [0.4, 0.5) is 0 Å². The van der Waals surface area contributed by atoms with Gasteiger partial charge in [0.1, 0.15) is 12.6 Å². The van der Waals surface area contributed by atoms with E-state index in [1.54, 1.807) is 0 Å². The molecule has 0 saturated carbocycles. The van der Waals surface area contributed by atoms with Crippen LogP contribution in [0.3, 0.4) is 0 Å². The fourth-order valence-electron chi connectivity index (χ4n) is 2.68. The Labute approximate surface area is 129 Å². The Hall–Kier alpha value is -2.37. The standard InChI is InChI=1S/C16H20N4O2/c1-12-9-13(2)18-16(17-12)22-14-5-8-20(10-14)15(21)11-19-6-3-4-7-19/h3-4,6-7,9,14H,5,8,10-11H2,1-2H3. The van der Waals surface area contributed by atoms with Crippen LogP contribution in [-0.4, -0.2) is 44.5 Å². The second-order valence-electron chi connectivity index (χ2n) is 5.66. The fourth-order valence-corrected chi connectivity index (χ4v) is 2.68. The maximum atomic E-state index is 12.2. The third-order valence-electron chi connectivity index (χ3n) is 3.72. The van der Waals surface area contributed by atoms with Crippen LogP contribution >= 0.6 is 0 Å². The molecule has 0 radical (unpaired) electrons. The number of carbonyl (C=O) groups excluding carboxylic acids is 1. The fraction of sp³-hybridized carbons (Fsp3) is 0.438. The average molecular weight is 300 g/mol. The Morgan fingerprint density at radius 3 is 2.64 bits per heavy atom. The van der Waals surface area contributed by atoms with Crippen LogP contribution in [-0.2, 0) is 11.3 Å². The summed E-state index contributed by atoms with van der Waals surface area (Å²) in [5.74, 6) is 0.114. The summed E-state index contributed by atoms with van der Waals surface area (Å²) in [4.78, 5) is 22.7. The van der Waals surface area contributed by atoms with Crippen molar-refractivity contribution in [3.05, 3.63) is 42.0 Å². The van der Waals surface area contributed by atoms with E-state index in [1.807, 2.05) is 53.9 Å². The van der Waals surface area contributed by atoms with Crippen LogP contribution in [0.15, 0.2) is 30.6 Å². The summed E-state index contributed by atoms with van der Waals surface area (Å²) in [6.45, 7) is 5.53. The SMILES string of the molecule is Cc1cc(C)nc(OC2CCN(C(=O)Cn3cccc3)C2)n1. The van der Waals surface area contributed by atoms with Gasteiger partial charge >= 0.3 is 6.01 Å². The van der Waals surface area contributed by atoms with E-state index in [0.29, 0.717) is 19.1 Å². The van der Waals surface area contributed by atoms with Gasteiger partial charge in [0.15, 0.2) is 0 Å². The first-order chi connectivity index (χ1) is 10.6. The van der Waals surface area contributed by atoms with Gasteiger partial charge in [-0.05, 0) is 32.0 Å². The highest BCUT2D eigenvalue weighted by Crippen LogP contribution is 2.16. The summed E-state index contributed by atoms with van der Waals surface area (Å²) >= 11 is 0. The molecule has 6 heteroatoms. The lowest BCUT2D eigenvalue weighted by atomic mass is 10.3. The predicted molar refractivity (Wildman–Crippen MR) is 81.6 cm³/mol. The molecule has 1 unspecified atom stereocenters. The molecule has 1 aliphatic heterocycles. The van der Waals surface area contributed by atoms with E-state index in [9.17, 15) is 4.79 Å². The molecule has 0 bridgehead atoms. The van der Waals surface area contributed by atoms with Crippen molar-refractivity contribution < 1.29 is 9.53 Å². The number of hydrogen-bond acceptors (Lipinski definition) is 4. The van der Waals surface area contributed by atoms with Gasteiger partial charge in [0.05, 0.1) is 6.54 Å². The Balaban J connectivity index is 1.56. The highest BCUT2D eigenvalue weighted by atomic mass is 16.5. The van der Waals surface area contributed by atoms with E-state index in [1.165, 1.54) is 0 Å². The molecule has 1 atom stereocenters. The molecule has 0 aliphatic carbocycles. The first-order valence-corrected chi connectivity index (χ1v) is 7.47. The number of hydrogen-bond donors (Lipinski definition) is 0. The van der Waals surface area contributed by atoms with E-state index in [0.717, 1.165) is 24.4 Å². The van der Waals surface area contributed by atoms with Gasteiger partial charge in [-0.3, -0.25) is 4.79 Å². The van der Waals surface area contributed by atoms with Crippen LogP contribution in [0.5, 0.6) is 6.01 Å². The summed E-state index contributed by atoms with van der Waals surface area (Å²) in [6, 6.07) is 6.15. The summed E-state index contributed by atoms with van der Waals surface area (Å²) in [5.41, 5.74) is 1.78. The van der Waals surface area contributed by atoms with Gasteiger partial charge in [-0.25, -0.2) is 9.97 Å². The number of aromatic nitrogens is 3. The minimum absolute atomic E-state index is 0.0326. The molecule has 6 nitrogen and oxygen atoms in total. The zero-order chi connectivity index (χ0) is 15.5. The molecular weight excluding hydrogens is 280 g/mol. The maximum absolute atomic E-state index is 12.2. The zero-order valence-corrected chi connectivity index (χ0v) is 12.9. The monoisotopic (exact) mass is 300 g/mol. The molecule has 116 valence electrons. The molecule has 2 aromatic rings. The first-order valence-electron chi connectivity index (χ1n) is 7.47. The quantitative estimate of drug-likeness (QED) is 0.860. The second-order valence-corrected chi connectivity index (χ2v) is 5.66. The van der Waals surface area contributed by atoms with Crippen molar-refractivity contribution in [3.8, 4) is 6.01 Å². The Kier molecular flexibility index (Phi) is 4.09. The maximum Gasteiger partial charge on any atom is 0.317 e. The third kappa shape index (κ3) is 3.44.